The molecule has 3 aromatic carbocycles. The van der Waals surface area contributed by atoms with Crippen LogP contribution in [-0.2, 0) is 4.74 Å². The lowest BCUT2D eigenvalue weighted by molar-refractivity contribution is 0.278. The Morgan fingerprint density at radius 1 is 0.667 bits per heavy atom. The third-order valence-electron chi connectivity index (χ3n) is 5.06. The van der Waals surface area contributed by atoms with E-state index in [2.05, 4.69) is 48.5 Å². The quantitative estimate of drug-likeness (QED) is 0.623. The summed E-state index contributed by atoms with van der Waals surface area (Å²) >= 11 is 0. The highest BCUT2D eigenvalue weighted by atomic mass is 16.5. The monoisotopic (exact) mass is 358 g/mol. The van der Waals surface area contributed by atoms with Gasteiger partial charge in [0, 0.05) is 5.57 Å². The molecule has 0 aliphatic heterocycles. The van der Waals surface area contributed by atoms with Crippen molar-refractivity contribution in [3.05, 3.63) is 101 Å². The van der Waals surface area contributed by atoms with Crippen molar-refractivity contribution >= 4 is 5.57 Å². The zero-order chi connectivity index (χ0) is 18.8. The van der Waals surface area contributed by atoms with Gasteiger partial charge in [0.2, 0.25) is 0 Å². The van der Waals surface area contributed by atoms with Crippen LogP contribution in [-0.4, -0.2) is 21.3 Å². The summed E-state index contributed by atoms with van der Waals surface area (Å²) in [7, 11) is 5.12. The Kier molecular flexibility index (Phi) is 4.59. The second kappa shape index (κ2) is 7.20. The molecule has 0 amide bonds. The van der Waals surface area contributed by atoms with Crippen LogP contribution in [0.3, 0.4) is 0 Å². The summed E-state index contributed by atoms with van der Waals surface area (Å²) in [4.78, 5) is 0. The summed E-state index contributed by atoms with van der Waals surface area (Å²) in [6, 6.07) is 24.8. The molecule has 136 valence electrons. The molecular formula is C24H22O3. The van der Waals surface area contributed by atoms with Gasteiger partial charge in [-0.3, -0.25) is 0 Å². The van der Waals surface area contributed by atoms with Gasteiger partial charge in [-0.05, 0) is 46.5 Å². The minimum atomic E-state index is 0.0301. The van der Waals surface area contributed by atoms with E-state index < -0.39 is 0 Å². The highest BCUT2D eigenvalue weighted by Gasteiger charge is 2.34. The lowest BCUT2D eigenvalue weighted by atomic mass is 9.92. The van der Waals surface area contributed by atoms with Crippen LogP contribution in [0.5, 0.6) is 11.5 Å². The molecule has 1 aliphatic rings. The van der Waals surface area contributed by atoms with Crippen LogP contribution in [0.25, 0.3) is 5.57 Å². The first kappa shape index (κ1) is 17.2. The Balaban J connectivity index is 1.95. The minimum absolute atomic E-state index is 0.0301. The molecule has 0 aromatic heterocycles. The molecule has 1 aliphatic carbocycles. The Bertz CT molecular complexity index is 1000. The maximum absolute atomic E-state index is 5.97. The fourth-order valence-corrected chi connectivity index (χ4v) is 3.84. The van der Waals surface area contributed by atoms with Gasteiger partial charge in [-0.2, -0.15) is 0 Å². The van der Waals surface area contributed by atoms with E-state index >= 15 is 0 Å². The predicted molar refractivity (Wildman–Crippen MR) is 107 cm³/mol. The number of rotatable bonds is 5. The average Bonchev–Trinajstić information content (AvgIpc) is 3.08. The zero-order valence-corrected chi connectivity index (χ0v) is 15.7. The van der Waals surface area contributed by atoms with Gasteiger partial charge in [-0.1, -0.05) is 48.5 Å². The van der Waals surface area contributed by atoms with Crippen LogP contribution >= 0.6 is 0 Å². The normalized spacial score (nSPS) is 15.4. The molecule has 0 spiro atoms. The van der Waals surface area contributed by atoms with Crippen LogP contribution in [0.15, 0.2) is 78.6 Å². The molecule has 0 heterocycles. The van der Waals surface area contributed by atoms with Crippen LogP contribution in [0.1, 0.15) is 28.2 Å². The van der Waals surface area contributed by atoms with Gasteiger partial charge < -0.3 is 14.2 Å². The Labute approximate surface area is 159 Å². The van der Waals surface area contributed by atoms with E-state index in [1.165, 1.54) is 11.1 Å². The highest BCUT2D eigenvalue weighted by molar-refractivity contribution is 5.89. The molecule has 1 atom stereocenters. The van der Waals surface area contributed by atoms with E-state index in [4.69, 9.17) is 14.2 Å². The highest BCUT2D eigenvalue weighted by Crippen LogP contribution is 2.48. The Morgan fingerprint density at radius 3 is 2.11 bits per heavy atom. The van der Waals surface area contributed by atoms with Crippen molar-refractivity contribution in [3.8, 4) is 11.5 Å². The molecule has 3 aromatic rings. The fraction of sp³-hybridized carbons (Fsp3) is 0.167. The lowest BCUT2D eigenvalue weighted by Gasteiger charge is -2.17. The number of ether oxygens (including phenoxy) is 3. The molecule has 4 rings (SSSR count). The first-order chi connectivity index (χ1) is 13.3. The largest absolute Gasteiger partial charge is 0.499 e. The average molecular weight is 358 g/mol. The van der Waals surface area contributed by atoms with Crippen molar-refractivity contribution in [1.82, 2.24) is 0 Å². The van der Waals surface area contributed by atoms with E-state index in [9.17, 15) is 0 Å². The van der Waals surface area contributed by atoms with Gasteiger partial charge in [0.1, 0.15) is 17.3 Å². The molecule has 0 fully saturated rings. The number of allylic oxidation sites excluding steroid dienone is 1. The summed E-state index contributed by atoms with van der Waals surface area (Å²) in [6.45, 7) is 0. The van der Waals surface area contributed by atoms with Crippen molar-refractivity contribution in [1.29, 1.82) is 0 Å². The molecule has 0 saturated carbocycles. The SMILES string of the molecule is COC1=C(c2cccc(OC)c2)c2ccccc2C1c1cccc(OC)c1. The van der Waals surface area contributed by atoms with Crippen LogP contribution in [0.2, 0.25) is 0 Å². The number of benzene rings is 3. The van der Waals surface area contributed by atoms with Gasteiger partial charge in [0.25, 0.3) is 0 Å². The van der Waals surface area contributed by atoms with E-state index in [-0.39, 0.29) is 5.92 Å². The Morgan fingerprint density at radius 2 is 1.37 bits per heavy atom. The van der Waals surface area contributed by atoms with Gasteiger partial charge in [-0.15, -0.1) is 0 Å². The molecule has 3 heteroatoms. The lowest BCUT2D eigenvalue weighted by Crippen LogP contribution is -2.03. The van der Waals surface area contributed by atoms with Gasteiger partial charge in [0.15, 0.2) is 0 Å². The molecule has 27 heavy (non-hydrogen) atoms. The topological polar surface area (TPSA) is 27.7 Å². The van der Waals surface area contributed by atoms with Crippen molar-refractivity contribution in [2.24, 2.45) is 0 Å². The Hall–Kier alpha value is -3.20. The number of hydrogen-bond donors (Lipinski definition) is 0. The second-order valence-electron chi connectivity index (χ2n) is 6.47. The molecule has 0 saturated heterocycles. The summed E-state index contributed by atoms with van der Waals surface area (Å²) in [5, 5.41) is 0. The van der Waals surface area contributed by atoms with Crippen molar-refractivity contribution in [3.63, 3.8) is 0 Å². The van der Waals surface area contributed by atoms with E-state index in [0.29, 0.717) is 0 Å². The smallest absolute Gasteiger partial charge is 0.119 e. The summed E-state index contributed by atoms with van der Waals surface area (Å²) in [6.07, 6.45) is 0. The predicted octanol–water partition coefficient (Wildman–Crippen LogP) is 5.26. The van der Waals surface area contributed by atoms with E-state index in [1.807, 2.05) is 24.3 Å². The minimum Gasteiger partial charge on any atom is -0.499 e. The fourth-order valence-electron chi connectivity index (χ4n) is 3.84. The third-order valence-corrected chi connectivity index (χ3v) is 5.06. The molecular weight excluding hydrogens is 336 g/mol. The van der Waals surface area contributed by atoms with Gasteiger partial charge in [-0.25, -0.2) is 0 Å². The summed E-state index contributed by atoms with van der Waals surface area (Å²) < 4.78 is 16.8. The second-order valence-corrected chi connectivity index (χ2v) is 6.47. The molecule has 3 nitrogen and oxygen atoms in total. The molecule has 0 radical (unpaired) electrons. The standard InChI is InChI=1S/C24H22O3/c1-25-18-10-6-8-16(14-18)22-20-12-4-5-13-21(20)23(24(22)27-3)17-9-7-11-19(15-17)26-2/h4-15,22H,1-3H3. The van der Waals surface area contributed by atoms with Crippen molar-refractivity contribution in [2.45, 2.75) is 5.92 Å². The summed E-state index contributed by atoms with van der Waals surface area (Å²) in [5.74, 6) is 2.65. The van der Waals surface area contributed by atoms with E-state index in [0.717, 1.165) is 34.0 Å². The first-order valence-electron chi connectivity index (χ1n) is 8.92. The zero-order valence-electron chi connectivity index (χ0n) is 15.7. The number of hydrogen-bond acceptors (Lipinski definition) is 3. The molecule has 0 N–H and O–H groups in total. The maximum Gasteiger partial charge on any atom is 0.119 e. The van der Waals surface area contributed by atoms with Gasteiger partial charge >= 0.3 is 0 Å². The number of methoxy groups -OCH3 is 3. The van der Waals surface area contributed by atoms with Gasteiger partial charge in [0.05, 0.1) is 27.2 Å². The number of fused-ring (bicyclic) bond motifs is 1. The van der Waals surface area contributed by atoms with E-state index in [1.54, 1.807) is 21.3 Å². The van der Waals surface area contributed by atoms with Crippen molar-refractivity contribution < 1.29 is 14.2 Å². The van der Waals surface area contributed by atoms with Crippen LogP contribution in [0.4, 0.5) is 0 Å². The van der Waals surface area contributed by atoms with Crippen molar-refractivity contribution in [2.75, 3.05) is 21.3 Å². The third kappa shape index (κ3) is 2.95. The summed E-state index contributed by atoms with van der Waals surface area (Å²) in [5.41, 5.74) is 5.77. The van der Waals surface area contributed by atoms with Crippen LogP contribution < -0.4 is 9.47 Å². The maximum atomic E-state index is 5.97. The van der Waals surface area contributed by atoms with Crippen LogP contribution in [0, 0.1) is 0 Å². The molecule has 0 bridgehead atoms. The molecule has 1 unspecified atom stereocenters. The first-order valence-corrected chi connectivity index (χ1v) is 8.92.